The Morgan fingerprint density at radius 2 is 2.07 bits per heavy atom. The summed E-state index contributed by atoms with van der Waals surface area (Å²) in [5.41, 5.74) is 1.59. The molecule has 0 radical (unpaired) electrons. The molecule has 0 spiro atoms. The summed E-state index contributed by atoms with van der Waals surface area (Å²) in [4.78, 5) is 21.2. The molecule has 0 bridgehead atoms. The number of hydrogen-bond acceptors (Lipinski definition) is 5. The van der Waals surface area contributed by atoms with Gasteiger partial charge in [-0.2, -0.15) is 4.98 Å². The van der Waals surface area contributed by atoms with E-state index in [1.807, 2.05) is 42.7 Å². The van der Waals surface area contributed by atoms with Crippen LogP contribution in [0.4, 0.5) is 4.39 Å². The lowest BCUT2D eigenvalue weighted by Crippen LogP contribution is -2.10. The van der Waals surface area contributed by atoms with E-state index in [2.05, 4.69) is 9.97 Å². The van der Waals surface area contributed by atoms with Gasteiger partial charge in [0.25, 0.3) is 0 Å². The van der Waals surface area contributed by atoms with E-state index in [4.69, 9.17) is 4.74 Å². The number of esters is 1. The van der Waals surface area contributed by atoms with Gasteiger partial charge >= 0.3 is 12.0 Å². The Morgan fingerprint density at radius 3 is 2.70 bits per heavy atom. The fourth-order valence-electron chi connectivity index (χ4n) is 2.56. The minimum absolute atomic E-state index is 0.0975. The molecule has 0 saturated carbocycles. The molecule has 3 rings (SSSR count). The zero-order valence-electron chi connectivity index (χ0n) is 15.3. The molecule has 2 heterocycles. The van der Waals surface area contributed by atoms with Crippen molar-refractivity contribution in [2.24, 2.45) is 0 Å². The molecule has 3 aromatic rings. The smallest absolute Gasteiger partial charge is 0.310 e. The van der Waals surface area contributed by atoms with E-state index in [0.717, 1.165) is 21.3 Å². The van der Waals surface area contributed by atoms with Crippen LogP contribution in [0, 0.1) is 5.82 Å². The maximum atomic E-state index is 13.6. The molecule has 7 heteroatoms. The van der Waals surface area contributed by atoms with Crippen molar-refractivity contribution >= 4 is 17.7 Å². The number of ether oxygens (including phenoxy) is 1. The SMILES string of the molecule is CC(=O)Oc1nc(C(C)C)c(Sc2cccc(F)c2)n1Cc1ccccn1. The summed E-state index contributed by atoms with van der Waals surface area (Å²) in [5, 5.41) is 0.803. The molecule has 0 atom stereocenters. The summed E-state index contributed by atoms with van der Waals surface area (Å²) >= 11 is 1.39. The Labute approximate surface area is 161 Å². The minimum atomic E-state index is -0.445. The highest BCUT2D eigenvalue weighted by atomic mass is 32.2. The van der Waals surface area contributed by atoms with Crippen LogP contribution in [-0.2, 0) is 11.3 Å². The second-order valence-corrected chi connectivity index (χ2v) is 7.36. The van der Waals surface area contributed by atoms with Gasteiger partial charge in [0.05, 0.1) is 17.9 Å². The first-order chi connectivity index (χ1) is 12.9. The second-order valence-electron chi connectivity index (χ2n) is 6.30. The van der Waals surface area contributed by atoms with Crippen molar-refractivity contribution < 1.29 is 13.9 Å². The van der Waals surface area contributed by atoms with Crippen molar-refractivity contribution in [1.29, 1.82) is 0 Å². The van der Waals surface area contributed by atoms with Crippen LogP contribution >= 0.6 is 11.8 Å². The number of hydrogen-bond donors (Lipinski definition) is 0. The second kappa shape index (κ2) is 8.35. The normalized spacial score (nSPS) is 11.0. The summed E-state index contributed by atoms with van der Waals surface area (Å²) in [6, 6.07) is 12.2. The van der Waals surface area contributed by atoms with Gasteiger partial charge in [0.1, 0.15) is 10.8 Å². The van der Waals surface area contributed by atoms with Gasteiger partial charge in [0, 0.05) is 18.0 Å². The van der Waals surface area contributed by atoms with Crippen molar-refractivity contribution in [1.82, 2.24) is 14.5 Å². The molecule has 0 aliphatic carbocycles. The Morgan fingerprint density at radius 1 is 1.26 bits per heavy atom. The number of benzene rings is 1. The Hall–Kier alpha value is -2.67. The molecule has 0 aliphatic rings. The average Bonchev–Trinajstić information content (AvgIpc) is 2.93. The van der Waals surface area contributed by atoms with Crippen LogP contribution in [0.1, 0.15) is 38.1 Å². The number of carbonyl (C=O) groups excluding carboxylic acids is 1. The van der Waals surface area contributed by atoms with Crippen LogP contribution in [0.3, 0.4) is 0 Å². The van der Waals surface area contributed by atoms with Gasteiger partial charge < -0.3 is 4.74 Å². The number of halogens is 1. The first-order valence-corrected chi connectivity index (χ1v) is 9.38. The van der Waals surface area contributed by atoms with Gasteiger partial charge in [0.2, 0.25) is 0 Å². The van der Waals surface area contributed by atoms with Crippen molar-refractivity contribution in [2.45, 2.75) is 43.2 Å². The molecule has 5 nitrogen and oxygen atoms in total. The van der Waals surface area contributed by atoms with E-state index in [0.29, 0.717) is 6.54 Å². The zero-order chi connectivity index (χ0) is 19.4. The number of nitrogens with zero attached hydrogens (tertiary/aromatic N) is 3. The number of carbonyl (C=O) groups is 1. The highest BCUT2D eigenvalue weighted by molar-refractivity contribution is 7.99. The summed E-state index contributed by atoms with van der Waals surface area (Å²) in [7, 11) is 0. The van der Waals surface area contributed by atoms with E-state index < -0.39 is 5.97 Å². The van der Waals surface area contributed by atoms with Crippen LogP contribution in [-0.4, -0.2) is 20.5 Å². The zero-order valence-corrected chi connectivity index (χ0v) is 16.2. The maximum Gasteiger partial charge on any atom is 0.310 e. The molecule has 0 aliphatic heterocycles. The third-order valence-corrected chi connectivity index (χ3v) is 4.86. The van der Waals surface area contributed by atoms with Crippen LogP contribution in [0.2, 0.25) is 0 Å². The molecule has 2 aromatic heterocycles. The Bertz CT molecular complexity index is 942. The number of aromatic nitrogens is 3. The third kappa shape index (κ3) is 4.74. The fraction of sp³-hybridized carbons (Fsp3) is 0.250. The van der Waals surface area contributed by atoms with Crippen molar-refractivity contribution in [3.05, 3.63) is 65.9 Å². The summed E-state index contributed by atoms with van der Waals surface area (Å²) < 4.78 is 20.8. The van der Waals surface area contributed by atoms with Crippen molar-refractivity contribution in [3.63, 3.8) is 0 Å². The highest BCUT2D eigenvalue weighted by Gasteiger charge is 2.23. The largest absolute Gasteiger partial charge is 0.392 e. The van der Waals surface area contributed by atoms with Gasteiger partial charge in [0.15, 0.2) is 0 Å². The fourth-order valence-corrected chi connectivity index (χ4v) is 3.74. The van der Waals surface area contributed by atoms with Crippen LogP contribution in [0.25, 0.3) is 0 Å². The minimum Gasteiger partial charge on any atom is -0.392 e. The van der Waals surface area contributed by atoms with E-state index in [1.54, 1.807) is 12.3 Å². The molecule has 0 N–H and O–H groups in total. The summed E-state index contributed by atoms with van der Waals surface area (Å²) in [6.07, 6.45) is 1.71. The molecular formula is C20H20FN3O2S. The topological polar surface area (TPSA) is 57.0 Å². The quantitative estimate of drug-likeness (QED) is 0.578. The van der Waals surface area contributed by atoms with Gasteiger partial charge in [-0.3, -0.25) is 14.3 Å². The van der Waals surface area contributed by atoms with Gasteiger partial charge in [-0.15, -0.1) is 0 Å². The average molecular weight is 385 g/mol. The van der Waals surface area contributed by atoms with Gasteiger partial charge in [-0.25, -0.2) is 4.39 Å². The summed E-state index contributed by atoms with van der Waals surface area (Å²) in [6.45, 7) is 5.76. The molecule has 0 saturated heterocycles. The Kier molecular flexibility index (Phi) is 5.91. The number of imidazole rings is 1. The lowest BCUT2D eigenvalue weighted by molar-refractivity contribution is -0.132. The van der Waals surface area contributed by atoms with Crippen LogP contribution < -0.4 is 4.74 Å². The standard InChI is InChI=1S/C20H20FN3O2S/c1-13(2)18-19(27-17-9-6-7-15(21)11-17)24(20(23-18)26-14(3)25)12-16-8-4-5-10-22-16/h4-11,13H,12H2,1-3H3. The lowest BCUT2D eigenvalue weighted by Gasteiger charge is -2.12. The first-order valence-electron chi connectivity index (χ1n) is 8.56. The molecule has 0 amide bonds. The van der Waals surface area contributed by atoms with Crippen molar-refractivity contribution in [3.8, 4) is 6.01 Å². The monoisotopic (exact) mass is 385 g/mol. The van der Waals surface area contributed by atoms with E-state index in [-0.39, 0.29) is 17.7 Å². The van der Waals surface area contributed by atoms with E-state index in [1.165, 1.54) is 30.8 Å². The highest BCUT2D eigenvalue weighted by Crippen LogP contribution is 2.37. The molecular weight excluding hydrogens is 365 g/mol. The van der Waals surface area contributed by atoms with Crippen LogP contribution in [0.5, 0.6) is 6.01 Å². The maximum absolute atomic E-state index is 13.6. The molecule has 27 heavy (non-hydrogen) atoms. The predicted molar refractivity (Wildman–Crippen MR) is 101 cm³/mol. The van der Waals surface area contributed by atoms with Crippen LogP contribution in [0.15, 0.2) is 58.6 Å². The molecule has 0 unspecified atom stereocenters. The van der Waals surface area contributed by atoms with Gasteiger partial charge in [-0.05, 0) is 36.2 Å². The van der Waals surface area contributed by atoms with Crippen molar-refractivity contribution in [2.75, 3.05) is 0 Å². The third-order valence-electron chi connectivity index (χ3n) is 3.75. The molecule has 140 valence electrons. The Balaban J connectivity index is 2.09. The molecule has 1 aromatic carbocycles. The van der Waals surface area contributed by atoms with Gasteiger partial charge in [-0.1, -0.05) is 37.7 Å². The predicted octanol–water partition coefficient (Wildman–Crippen LogP) is 4.67. The number of pyridine rings is 1. The molecule has 0 fully saturated rings. The first kappa shape index (κ1) is 19.1. The summed E-state index contributed by atoms with van der Waals surface area (Å²) in [5.74, 6) is -0.651. The van der Waals surface area contributed by atoms with E-state index in [9.17, 15) is 9.18 Å². The number of rotatable bonds is 6. The lowest BCUT2D eigenvalue weighted by atomic mass is 10.1. The van der Waals surface area contributed by atoms with E-state index >= 15 is 0 Å².